The zero-order valence-corrected chi connectivity index (χ0v) is 13.4. The molecule has 1 saturated heterocycles. The van der Waals surface area contributed by atoms with Crippen LogP contribution in [0.25, 0.3) is 0 Å². The number of hydrogen-bond donors (Lipinski definition) is 0. The zero-order chi connectivity index (χ0) is 14.1. The van der Waals surface area contributed by atoms with Gasteiger partial charge in [0.1, 0.15) is 11.6 Å². The summed E-state index contributed by atoms with van der Waals surface area (Å²) in [7, 11) is 0. The van der Waals surface area contributed by atoms with Crippen LogP contribution in [0.2, 0.25) is 0 Å². The normalized spacial score (nSPS) is 22.4. The Kier molecular flexibility index (Phi) is 4.17. The highest BCUT2D eigenvalue weighted by atomic mass is 32.2. The number of aromatic nitrogens is 2. The summed E-state index contributed by atoms with van der Waals surface area (Å²) in [5, 5.41) is 0. The number of thioether (sulfide) groups is 1. The topological polar surface area (TPSA) is 38.3 Å². The molecule has 20 heavy (non-hydrogen) atoms. The summed E-state index contributed by atoms with van der Waals surface area (Å²) in [6.45, 7) is 9.27. The molecule has 2 aliphatic rings. The monoisotopic (exact) mass is 293 g/mol. The number of aryl methyl sites for hydroxylation is 1. The van der Waals surface area contributed by atoms with Crippen LogP contribution in [-0.4, -0.2) is 41.5 Å². The van der Waals surface area contributed by atoms with Crippen molar-refractivity contribution in [1.29, 1.82) is 0 Å². The van der Waals surface area contributed by atoms with Crippen molar-refractivity contribution >= 4 is 17.6 Å². The lowest BCUT2D eigenvalue weighted by molar-refractivity contribution is 0.138. The molecule has 1 unspecified atom stereocenters. The Labute approximate surface area is 125 Å². The van der Waals surface area contributed by atoms with Crippen LogP contribution in [0.3, 0.4) is 0 Å². The second kappa shape index (κ2) is 5.90. The second-order valence-corrected chi connectivity index (χ2v) is 6.81. The lowest BCUT2D eigenvalue weighted by Crippen LogP contribution is -2.43. The van der Waals surface area contributed by atoms with Crippen molar-refractivity contribution in [3.8, 4) is 0 Å². The number of anilines is 1. The molecule has 0 saturated carbocycles. The van der Waals surface area contributed by atoms with Gasteiger partial charge in [-0.05, 0) is 12.8 Å². The molecule has 2 aliphatic heterocycles. The van der Waals surface area contributed by atoms with Gasteiger partial charge >= 0.3 is 0 Å². The summed E-state index contributed by atoms with van der Waals surface area (Å²) in [4.78, 5) is 13.4. The fourth-order valence-corrected chi connectivity index (χ4v) is 4.05. The molecule has 5 heteroatoms. The number of rotatable bonds is 2. The molecule has 1 fully saturated rings. The largest absolute Gasteiger partial charge is 0.379 e. The van der Waals surface area contributed by atoms with Crippen molar-refractivity contribution in [2.45, 2.75) is 50.5 Å². The summed E-state index contributed by atoms with van der Waals surface area (Å²) < 4.78 is 5.71. The van der Waals surface area contributed by atoms with Crippen molar-refractivity contribution in [3.05, 3.63) is 11.5 Å². The minimum Gasteiger partial charge on any atom is -0.379 e. The standard InChI is InChI=1S/C15H23N3OS/c1-4-12-13-15(17-14(16-12)10(2)3)18-6-5-7-19-8-11(18)9-20-13/h10-11H,4-9H2,1-3H3. The quantitative estimate of drug-likeness (QED) is 0.838. The van der Waals surface area contributed by atoms with Crippen molar-refractivity contribution in [2.75, 3.05) is 30.4 Å². The first-order valence-corrected chi connectivity index (χ1v) is 8.57. The van der Waals surface area contributed by atoms with Crippen molar-refractivity contribution in [3.63, 3.8) is 0 Å². The highest BCUT2D eigenvalue weighted by Crippen LogP contribution is 2.39. The Bertz CT molecular complexity index is 492. The van der Waals surface area contributed by atoms with E-state index in [-0.39, 0.29) is 0 Å². The van der Waals surface area contributed by atoms with Crippen LogP contribution < -0.4 is 4.90 Å². The van der Waals surface area contributed by atoms with E-state index in [0.29, 0.717) is 12.0 Å². The molecule has 4 nitrogen and oxygen atoms in total. The fourth-order valence-electron chi connectivity index (χ4n) is 2.77. The van der Waals surface area contributed by atoms with Gasteiger partial charge in [0.25, 0.3) is 0 Å². The summed E-state index contributed by atoms with van der Waals surface area (Å²) >= 11 is 1.91. The third-order valence-electron chi connectivity index (χ3n) is 3.92. The average molecular weight is 293 g/mol. The van der Waals surface area contributed by atoms with Gasteiger partial charge in [-0.3, -0.25) is 0 Å². The highest BCUT2D eigenvalue weighted by molar-refractivity contribution is 7.99. The van der Waals surface area contributed by atoms with Crippen LogP contribution in [0.4, 0.5) is 5.82 Å². The first-order valence-electron chi connectivity index (χ1n) is 7.58. The lowest BCUT2D eigenvalue weighted by Gasteiger charge is -2.36. The molecular formula is C15H23N3OS. The molecule has 3 heterocycles. The third-order valence-corrected chi connectivity index (χ3v) is 5.18. The molecule has 0 spiro atoms. The van der Waals surface area contributed by atoms with E-state index in [4.69, 9.17) is 14.7 Å². The van der Waals surface area contributed by atoms with Gasteiger partial charge in [0.05, 0.1) is 23.2 Å². The number of hydrogen-bond acceptors (Lipinski definition) is 5. The summed E-state index contributed by atoms with van der Waals surface area (Å²) in [6.07, 6.45) is 2.07. The van der Waals surface area contributed by atoms with E-state index in [9.17, 15) is 0 Å². The van der Waals surface area contributed by atoms with Gasteiger partial charge in [-0.1, -0.05) is 20.8 Å². The average Bonchev–Trinajstić information content (AvgIpc) is 2.71. The molecule has 1 atom stereocenters. The highest BCUT2D eigenvalue weighted by Gasteiger charge is 2.32. The molecule has 1 aromatic heterocycles. The maximum Gasteiger partial charge on any atom is 0.146 e. The molecule has 0 aromatic carbocycles. The fraction of sp³-hybridized carbons (Fsp3) is 0.733. The molecule has 0 amide bonds. The molecule has 0 radical (unpaired) electrons. The Hall–Kier alpha value is -0.810. The maximum absolute atomic E-state index is 5.71. The molecule has 0 aliphatic carbocycles. The van der Waals surface area contributed by atoms with Crippen LogP contribution in [0.1, 0.15) is 44.6 Å². The van der Waals surface area contributed by atoms with Gasteiger partial charge in [-0.15, -0.1) is 11.8 Å². The lowest BCUT2D eigenvalue weighted by atomic mass is 10.2. The predicted molar refractivity (Wildman–Crippen MR) is 82.8 cm³/mol. The minimum atomic E-state index is 0.374. The smallest absolute Gasteiger partial charge is 0.146 e. The summed E-state index contributed by atoms with van der Waals surface area (Å²) in [5.41, 5.74) is 1.22. The van der Waals surface area contributed by atoms with E-state index >= 15 is 0 Å². The van der Waals surface area contributed by atoms with Crippen molar-refractivity contribution in [2.24, 2.45) is 0 Å². The molecular weight excluding hydrogens is 270 g/mol. The van der Waals surface area contributed by atoms with E-state index in [1.165, 1.54) is 10.6 Å². The third kappa shape index (κ3) is 2.53. The van der Waals surface area contributed by atoms with Crippen LogP contribution in [-0.2, 0) is 11.2 Å². The van der Waals surface area contributed by atoms with Gasteiger partial charge in [-0.2, -0.15) is 0 Å². The second-order valence-electron chi connectivity index (χ2n) is 5.78. The zero-order valence-electron chi connectivity index (χ0n) is 12.6. The molecule has 1 aromatic rings. The van der Waals surface area contributed by atoms with Gasteiger partial charge in [0.2, 0.25) is 0 Å². The molecule has 0 N–H and O–H groups in total. The van der Waals surface area contributed by atoms with Gasteiger partial charge < -0.3 is 9.64 Å². The molecule has 110 valence electrons. The first-order chi connectivity index (χ1) is 9.70. The Morgan fingerprint density at radius 3 is 3.00 bits per heavy atom. The van der Waals surface area contributed by atoms with Crippen LogP contribution >= 0.6 is 11.8 Å². The number of ether oxygens (including phenoxy) is 1. The number of fused-ring (bicyclic) bond motifs is 3. The summed E-state index contributed by atoms with van der Waals surface area (Å²) in [6, 6.07) is 0.467. The number of nitrogens with zero attached hydrogens (tertiary/aromatic N) is 3. The van der Waals surface area contributed by atoms with Crippen LogP contribution in [0, 0.1) is 0 Å². The van der Waals surface area contributed by atoms with E-state index in [1.54, 1.807) is 0 Å². The van der Waals surface area contributed by atoms with Crippen molar-refractivity contribution < 1.29 is 4.74 Å². The Morgan fingerprint density at radius 1 is 1.40 bits per heavy atom. The van der Waals surface area contributed by atoms with Gasteiger partial charge in [0.15, 0.2) is 0 Å². The predicted octanol–water partition coefficient (Wildman–Crippen LogP) is 2.86. The maximum atomic E-state index is 5.71. The SMILES string of the molecule is CCc1nc(C(C)C)nc2c1SCC1COCCCN21. The first kappa shape index (κ1) is 14.1. The van der Waals surface area contributed by atoms with Crippen LogP contribution in [0.5, 0.6) is 0 Å². The van der Waals surface area contributed by atoms with E-state index in [1.807, 2.05) is 11.8 Å². The van der Waals surface area contributed by atoms with E-state index < -0.39 is 0 Å². The van der Waals surface area contributed by atoms with Gasteiger partial charge in [0, 0.05) is 24.8 Å². The van der Waals surface area contributed by atoms with Crippen LogP contribution in [0.15, 0.2) is 4.90 Å². The van der Waals surface area contributed by atoms with Gasteiger partial charge in [-0.25, -0.2) is 9.97 Å². The Balaban J connectivity index is 2.06. The van der Waals surface area contributed by atoms with Crippen molar-refractivity contribution in [1.82, 2.24) is 9.97 Å². The molecule has 3 rings (SSSR count). The summed E-state index contributed by atoms with van der Waals surface area (Å²) in [5.74, 6) is 3.60. The van der Waals surface area contributed by atoms with E-state index in [0.717, 1.165) is 50.0 Å². The molecule has 0 bridgehead atoms. The minimum absolute atomic E-state index is 0.374. The van der Waals surface area contributed by atoms with E-state index in [2.05, 4.69) is 25.7 Å². The Morgan fingerprint density at radius 2 is 2.25 bits per heavy atom.